The first-order valence-corrected chi connectivity index (χ1v) is 9.75. The van der Waals surface area contributed by atoms with Crippen molar-refractivity contribution >= 4 is 72.1 Å². The SMILES string of the molecule is CN(Cc1ccc(Cl)c(Cl)c1)S(=O)(=O)c1cc(Cl)c(Br)s1. The van der Waals surface area contributed by atoms with E-state index < -0.39 is 10.0 Å². The minimum absolute atomic E-state index is 0.182. The lowest BCUT2D eigenvalue weighted by atomic mass is 10.2. The van der Waals surface area contributed by atoms with Gasteiger partial charge in [-0.3, -0.25) is 0 Å². The molecule has 1 aromatic carbocycles. The average Bonchev–Trinajstić information content (AvgIpc) is 2.75. The molecule has 0 aliphatic rings. The van der Waals surface area contributed by atoms with E-state index in [1.165, 1.54) is 17.4 Å². The minimum atomic E-state index is -3.60. The molecule has 0 aliphatic carbocycles. The zero-order valence-corrected chi connectivity index (χ0v) is 16.1. The lowest BCUT2D eigenvalue weighted by Crippen LogP contribution is -2.25. The van der Waals surface area contributed by atoms with Gasteiger partial charge in [-0.2, -0.15) is 4.31 Å². The molecule has 0 amide bonds. The maximum absolute atomic E-state index is 12.5. The van der Waals surface area contributed by atoms with E-state index in [9.17, 15) is 8.42 Å². The Morgan fingerprint density at radius 3 is 2.33 bits per heavy atom. The molecule has 2 aromatic rings. The maximum atomic E-state index is 12.5. The van der Waals surface area contributed by atoms with Crippen LogP contribution in [-0.2, 0) is 16.6 Å². The molecule has 9 heteroatoms. The van der Waals surface area contributed by atoms with Crippen molar-refractivity contribution in [2.45, 2.75) is 10.8 Å². The summed E-state index contributed by atoms with van der Waals surface area (Å²) in [7, 11) is -2.10. The van der Waals surface area contributed by atoms with E-state index in [1.807, 2.05) is 0 Å². The number of hydrogen-bond acceptors (Lipinski definition) is 3. The van der Waals surface area contributed by atoms with Crippen LogP contribution < -0.4 is 0 Å². The third-order valence-corrected chi connectivity index (χ3v) is 8.14. The molecule has 0 fully saturated rings. The standard InChI is InChI=1S/C12H9BrCl3NO2S2/c1-17(6-7-2-3-8(14)9(15)4-7)21(18,19)11-5-10(16)12(13)20-11/h2-5H,6H2,1H3. The van der Waals surface area contributed by atoms with Crippen molar-refractivity contribution in [3.8, 4) is 0 Å². The highest BCUT2D eigenvalue weighted by Crippen LogP contribution is 2.36. The molecule has 1 aromatic heterocycles. The maximum Gasteiger partial charge on any atom is 0.252 e. The Hall–Kier alpha value is 0.180. The molecule has 21 heavy (non-hydrogen) atoms. The molecule has 0 saturated heterocycles. The first kappa shape index (κ1) is 17.5. The van der Waals surface area contributed by atoms with Gasteiger partial charge in [0.2, 0.25) is 0 Å². The van der Waals surface area contributed by atoms with Crippen molar-refractivity contribution in [1.82, 2.24) is 4.31 Å². The van der Waals surface area contributed by atoms with Gasteiger partial charge in [-0.05, 0) is 39.7 Å². The first-order chi connectivity index (χ1) is 9.71. The first-order valence-electron chi connectivity index (χ1n) is 5.57. The lowest BCUT2D eigenvalue weighted by Gasteiger charge is -2.16. The third kappa shape index (κ3) is 3.93. The number of sulfonamides is 1. The highest BCUT2D eigenvalue weighted by atomic mass is 79.9. The predicted molar refractivity (Wildman–Crippen MR) is 92.1 cm³/mol. The molecule has 0 bridgehead atoms. The van der Waals surface area contributed by atoms with Crippen molar-refractivity contribution < 1.29 is 8.42 Å². The van der Waals surface area contributed by atoms with Crippen LogP contribution in [0.3, 0.4) is 0 Å². The Morgan fingerprint density at radius 1 is 1.14 bits per heavy atom. The highest BCUT2D eigenvalue weighted by molar-refractivity contribution is 9.11. The number of nitrogens with zero attached hydrogens (tertiary/aromatic N) is 1. The van der Waals surface area contributed by atoms with Crippen LogP contribution >= 0.6 is 62.1 Å². The zero-order chi connectivity index (χ0) is 15.8. The minimum Gasteiger partial charge on any atom is -0.206 e. The number of thiophene rings is 1. The van der Waals surface area contributed by atoms with Gasteiger partial charge >= 0.3 is 0 Å². The van der Waals surface area contributed by atoms with E-state index in [1.54, 1.807) is 18.2 Å². The van der Waals surface area contributed by atoms with E-state index in [4.69, 9.17) is 34.8 Å². The van der Waals surface area contributed by atoms with Gasteiger partial charge in [0.25, 0.3) is 10.0 Å². The summed E-state index contributed by atoms with van der Waals surface area (Å²) in [6.07, 6.45) is 0. The fourth-order valence-corrected chi connectivity index (χ4v) is 5.68. The number of rotatable bonds is 4. The summed E-state index contributed by atoms with van der Waals surface area (Å²) in [5.41, 5.74) is 0.747. The van der Waals surface area contributed by atoms with Crippen molar-refractivity contribution in [3.05, 3.63) is 48.7 Å². The number of hydrogen-bond donors (Lipinski definition) is 0. The van der Waals surface area contributed by atoms with Crippen LogP contribution in [0.15, 0.2) is 32.3 Å². The summed E-state index contributed by atoms with van der Waals surface area (Å²) in [4.78, 5) is 0. The van der Waals surface area contributed by atoms with Crippen LogP contribution in [-0.4, -0.2) is 19.8 Å². The number of halogens is 4. The predicted octanol–water partition coefficient (Wildman–Crippen LogP) is 5.29. The number of benzene rings is 1. The summed E-state index contributed by atoms with van der Waals surface area (Å²) >= 11 is 21.9. The molecule has 0 N–H and O–H groups in total. The molecule has 0 saturated carbocycles. The van der Waals surface area contributed by atoms with Crippen molar-refractivity contribution in [2.24, 2.45) is 0 Å². The average molecular weight is 450 g/mol. The summed E-state index contributed by atoms with van der Waals surface area (Å²) in [5.74, 6) is 0. The fourth-order valence-electron chi connectivity index (χ4n) is 1.59. The Balaban J connectivity index is 2.26. The van der Waals surface area contributed by atoms with Gasteiger partial charge in [0, 0.05) is 13.6 Å². The monoisotopic (exact) mass is 447 g/mol. The summed E-state index contributed by atoms with van der Waals surface area (Å²) in [6.45, 7) is 0.187. The molecular weight excluding hydrogens is 441 g/mol. The molecular formula is C12H9BrCl3NO2S2. The normalized spacial score (nSPS) is 12.1. The van der Waals surface area contributed by atoms with Crippen molar-refractivity contribution in [1.29, 1.82) is 0 Å². The van der Waals surface area contributed by atoms with Crippen molar-refractivity contribution in [2.75, 3.05) is 7.05 Å². The molecule has 0 aliphatic heterocycles. The molecule has 2 rings (SSSR count). The van der Waals surface area contributed by atoms with Crippen LogP contribution in [0.4, 0.5) is 0 Å². The molecule has 114 valence electrons. The Morgan fingerprint density at radius 2 is 1.81 bits per heavy atom. The Labute approximate surface area is 150 Å². The van der Waals surface area contributed by atoms with Crippen LogP contribution in [0.25, 0.3) is 0 Å². The molecule has 3 nitrogen and oxygen atoms in total. The van der Waals surface area contributed by atoms with E-state index in [0.29, 0.717) is 18.9 Å². The molecule has 1 heterocycles. The fraction of sp³-hybridized carbons (Fsp3) is 0.167. The second kappa shape index (κ2) is 6.74. The van der Waals surface area contributed by atoms with E-state index in [-0.39, 0.29) is 10.8 Å². The van der Waals surface area contributed by atoms with Gasteiger partial charge in [0.1, 0.15) is 4.21 Å². The van der Waals surface area contributed by atoms with Gasteiger partial charge in [-0.15, -0.1) is 11.3 Å². The van der Waals surface area contributed by atoms with Crippen molar-refractivity contribution in [3.63, 3.8) is 0 Å². The van der Waals surface area contributed by atoms with Crippen LogP contribution in [0, 0.1) is 0 Å². The van der Waals surface area contributed by atoms with Gasteiger partial charge in [0.05, 0.1) is 18.9 Å². The molecule has 0 atom stereocenters. The molecule has 0 radical (unpaired) electrons. The largest absolute Gasteiger partial charge is 0.252 e. The van der Waals surface area contributed by atoms with E-state index in [0.717, 1.165) is 16.9 Å². The van der Waals surface area contributed by atoms with Crippen LogP contribution in [0.2, 0.25) is 15.1 Å². The van der Waals surface area contributed by atoms with Gasteiger partial charge in [0.15, 0.2) is 0 Å². The topological polar surface area (TPSA) is 37.4 Å². The van der Waals surface area contributed by atoms with E-state index in [2.05, 4.69) is 15.9 Å². The van der Waals surface area contributed by atoms with Crippen LogP contribution in [0.1, 0.15) is 5.56 Å². The quantitative estimate of drug-likeness (QED) is 0.636. The zero-order valence-electron chi connectivity index (χ0n) is 10.6. The Bertz CT molecular complexity index is 757. The van der Waals surface area contributed by atoms with Gasteiger partial charge in [-0.25, -0.2) is 8.42 Å². The van der Waals surface area contributed by atoms with Gasteiger partial charge < -0.3 is 0 Å². The second-order valence-corrected chi connectivity index (χ2v) is 10.1. The second-order valence-electron chi connectivity index (χ2n) is 4.20. The van der Waals surface area contributed by atoms with Crippen LogP contribution in [0.5, 0.6) is 0 Å². The Kier molecular flexibility index (Phi) is 5.63. The van der Waals surface area contributed by atoms with Gasteiger partial charge in [-0.1, -0.05) is 40.9 Å². The lowest BCUT2D eigenvalue weighted by molar-refractivity contribution is 0.468. The highest BCUT2D eigenvalue weighted by Gasteiger charge is 2.24. The third-order valence-electron chi connectivity index (χ3n) is 2.68. The summed E-state index contributed by atoms with van der Waals surface area (Å²) in [5, 5.41) is 1.20. The smallest absolute Gasteiger partial charge is 0.206 e. The summed E-state index contributed by atoms with van der Waals surface area (Å²) < 4.78 is 26.9. The molecule has 0 unspecified atom stereocenters. The molecule has 0 spiro atoms. The summed E-state index contributed by atoms with van der Waals surface area (Å²) in [6, 6.07) is 6.44. The van der Waals surface area contributed by atoms with E-state index >= 15 is 0 Å².